The van der Waals surface area contributed by atoms with Gasteiger partial charge in [-0.25, -0.2) is 0 Å². The van der Waals surface area contributed by atoms with Gasteiger partial charge in [0.2, 0.25) is 5.91 Å². The molecule has 0 radical (unpaired) electrons. The van der Waals surface area contributed by atoms with Crippen LogP contribution in [-0.4, -0.2) is 66.2 Å². The van der Waals surface area contributed by atoms with Crippen LogP contribution in [0.3, 0.4) is 0 Å². The largest absolute Gasteiger partial charge is 0.383 e. The van der Waals surface area contributed by atoms with Crippen LogP contribution in [0.25, 0.3) is 0 Å². The third-order valence-corrected chi connectivity index (χ3v) is 1.98. The van der Waals surface area contributed by atoms with Gasteiger partial charge >= 0.3 is 0 Å². The minimum absolute atomic E-state index is 0.0609. The Morgan fingerprint density at radius 1 is 1.25 bits per heavy atom. The van der Waals surface area contributed by atoms with Crippen LogP contribution in [-0.2, 0) is 19.0 Å². The van der Waals surface area contributed by atoms with Crippen LogP contribution in [0.1, 0.15) is 0 Å². The zero-order valence-electron chi connectivity index (χ0n) is 10.2. The van der Waals surface area contributed by atoms with E-state index in [9.17, 15) is 4.79 Å². The van der Waals surface area contributed by atoms with E-state index in [0.717, 1.165) is 0 Å². The first-order valence-corrected chi connectivity index (χ1v) is 5.22. The molecule has 6 heteroatoms. The molecule has 0 aromatic heterocycles. The molecule has 0 aromatic rings. The van der Waals surface area contributed by atoms with Gasteiger partial charge < -0.3 is 24.8 Å². The molecule has 6 nitrogen and oxygen atoms in total. The van der Waals surface area contributed by atoms with Crippen LogP contribution >= 0.6 is 0 Å². The van der Waals surface area contributed by atoms with Crippen molar-refractivity contribution in [2.24, 2.45) is 0 Å². The molecular formula is C10H22N2O4. The topological polar surface area (TPSA) is 68.8 Å². The highest BCUT2D eigenvalue weighted by Crippen LogP contribution is 1.87. The van der Waals surface area contributed by atoms with Crippen molar-refractivity contribution in [3.8, 4) is 0 Å². The van der Waals surface area contributed by atoms with Crippen molar-refractivity contribution in [2.75, 3.05) is 54.2 Å². The molecule has 0 bridgehead atoms. The number of carbonyl (C=O) groups excluding carboxylic acids is 1. The molecule has 0 aromatic carbocycles. The molecule has 1 amide bonds. The molecule has 0 spiro atoms. The van der Waals surface area contributed by atoms with Crippen LogP contribution < -0.4 is 10.6 Å². The Morgan fingerprint density at radius 3 is 2.56 bits per heavy atom. The Bertz CT molecular complexity index is 178. The molecule has 0 aliphatic rings. The second kappa shape index (κ2) is 10.8. The van der Waals surface area contributed by atoms with Crippen LogP contribution in [0.15, 0.2) is 0 Å². The van der Waals surface area contributed by atoms with Crippen LogP contribution in [0, 0.1) is 0 Å². The highest BCUT2D eigenvalue weighted by atomic mass is 16.5. The fourth-order valence-corrected chi connectivity index (χ4v) is 1.06. The molecule has 0 aliphatic heterocycles. The first-order chi connectivity index (χ1) is 7.74. The SMILES string of the molecule is COCCNCC(=O)NCC(COC)OC. The van der Waals surface area contributed by atoms with Gasteiger partial charge in [-0.05, 0) is 0 Å². The monoisotopic (exact) mass is 234 g/mol. The van der Waals surface area contributed by atoms with Crippen molar-refractivity contribution in [2.45, 2.75) is 6.10 Å². The maximum Gasteiger partial charge on any atom is 0.234 e. The zero-order chi connectivity index (χ0) is 12.2. The van der Waals surface area contributed by atoms with E-state index in [4.69, 9.17) is 14.2 Å². The Hall–Kier alpha value is -0.690. The van der Waals surface area contributed by atoms with Crippen LogP contribution in [0.4, 0.5) is 0 Å². The predicted octanol–water partition coefficient (Wildman–Crippen LogP) is -1.000. The molecule has 1 atom stereocenters. The van der Waals surface area contributed by atoms with E-state index in [0.29, 0.717) is 26.3 Å². The lowest BCUT2D eigenvalue weighted by Gasteiger charge is -2.15. The number of amides is 1. The summed E-state index contributed by atoms with van der Waals surface area (Å²) in [6, 6.07) is 0. The van der Waals surface area contributed by atoms with Gasteiger partial charge in [0.25, 0.3) is 0 Å². The second-order valence-electron chi connectivity index (χ2n) is 3.29. The standard InChI is InChI=1S/C10H22N2O4/c1-14-5-4-11-7-10(13)12-6-9(16-3)8-15-2/h9,11H,4-8H2,1-3H3,(H,12,13). The van der Waals surface area contributed by atoms with E-state index < -0.39 is 0 Å². The van der Waals surface area contributed by atoms with Gasteiger partial charge in [-0.1, -0.05) is 0 Å². The Kier molecular flexibility index (Phi) is 10.3. The molecule has 2 N–H and O–H groups in total. The number of carbonyl (C=O) groups is 1. The van der Waals surface area contributed by atoms with Crippen molar-refractivity contribution >= 4 is 5.91 Å². The minimum atomic E-state index is -0.104. The number of nitrogens with one attached hydrogen (secondary N) is 2. The maximum absolute atomic E-state index is 11.3. The molecule has 0 aliphatic carbocycles. The Morgan fingerprint density at radius 2 is 2.00 bits per heavy atom. The molecule has 0 rings (SSSR count). The fourth-order valence-electron chi connectivity index (χ4n) is 1.06. The molecule has 0 fully saturated rings. The number of ether oxygens (including phenoxy) is 3. The quantitative estimate of drug-likeness (QED) is 0.475. The van der Waals surface area contributed by atoms with Gasteiger partial charge in [0.05, 0.1) is 25.9 Å². The van der Waals surface area contributed by atoms with E-state index in [-0.39, 0.29) is 18.6 Å². The first kappa shape index (κ1) is 15.3. The highest BCUT2D eigenvalue weighted by Gasteiger charge is 2.08. The van der Waals surface area contributed by atoms with Crippen LogP contribution in [0.2, 0.25) is 0 Å². The number of hydrogen-bond acceptors (Lipinski definition) is 5. The Labute approximate surface area is 96.6 Å². The average molecular weight is 234 g/mol. The summed E-state index contributed by atoms with van der Waals surface area (Å²) in [6.45, 7) is 2.46. The summed E-state index contributed by atoms with van der Waals surface area (Å²) in [6.07, 6.45) is -0.104. The van der Waals surface area contributed by atoms with E-state index in [1.807, 2.05) is 0 Å². The number of rotatable bonds is 10. The zero-order valence-corrected chi connectivity index (χ0v) is 10.2. The lowest BCUT2D eigenvalue weighted by Crippen LogP contribution is -2.40. The van der Waals surface area contributed by atoms with Crippen molar-refractivity contribution in [1.29, 1.82) is 0 Å². The summed E-state index contributed by atoms with van der Waals surface area (Å²) in [5.41, 5.74) is 0. The van der Waals surface area contributed by atoms with Gasteiger partial charge in [-0.15, -0.1) is 0 Å². The maximum atomic E-state index is 11.3. The average Bonchev–Trinajstić information content (AvgIpc) is 2.30. The van der Waals surface area contributed by atoms with Crippen molar-refractivity contribution < 1.29 is 19.0 Å². The summed E-state index contributed by atoms with van der Waals surface area (Å²) < 4.78 is 14.9. The minimum Gasteiger partial charge on any atom is -0.383 e. The van der Waals surface area contributed by atoms with E-state index in [2.05, 4.69) is 10.6 Å². The number of methoxy groups -OCH3 is 3. The normalized spacial score (nSPS) is 12.4. The van der Waals surface area contributed by atoms with E-state index >= 15 is 0 Å². The van der Waals surface area contributed by atoms with Gasteiger partial charge in [-0.3, -0.25) is 4.79 Å². The molecule has 0 saturated heterocycles. The molecule has 0 saturated carbocycles. The lowest BCUT2D eigenvalue weighted by molar-refractivity contribution is -0.121. The van der Waals surface area contributed by atoms with E-state index in [1.165, 1.54) is 0 Å². The first-order valence-electron chi connectivity index (χ1n) is 5.22. The second-order valence-corrected chi connectivity index (χ2v) is 3.29. The third-order valence-electron chi connectivity index (χ3n) is 1.98. The summed E-state index contributed by atoms with van der Waals surface area (Å²) in [5, 5.41) is 5.70. The Balaban J connectivity index is 3.47. The summed E-state index contributed by atoms with van der Waals surface area (Å²) in [5.74, 6) is -0.0609. The molecule has 16 heavy (non-hydrogen) atoms. The number of hydrogen-bond donors (Lipinski definition) is 2. The van der Waals surface area contributed by atoms with Crippen LogP contribution in [0.5, 0.6) is 0 Å². The molecule has 1 unspecified atom stereocenters. The third kappa shape index (κ3) is 8.60. The highest BCUT2D eigenvalue weighted by molar-refractivity contribution is 5.77. The van der Waals surface area contributed by atoms with Gasteiger partial charge in [-0.2, -0.15) is 0 Å². The molecule has 0 heterocycles. The molecule has 96 valence electrons. The molecular weight excluding hydrogens is 212 g/mol. The van der Waals surface area contributed by atoms with Crippen molar-refractivity contribution in [3.63, 3.8) is 0 Å². The van der Waals surface area contributed by atoms with Gasteiger partial charge in [0, 0.05) is 34.4 Å². The van der Waals surface area contributed by atoms with Gasteiger partial charge in [0.1, 0.15) is 0 Å². The van der Waals surface area contributed by atoms with Crippen molar-refractivity contribution in [1.82, 2.24) is 10.6 Å². The van der Waals surface area contributed by atoms with E-state index in [1.54, 1.807) is 21.3 Å². The summed E-state index contributed by atoms with van der Waals surface area (Å²) in [4.78, 5) is 11.3. The predicted molar refractivity (Wildman–Crippen MR) is 60.4 cm³/mol. The lowest BCUT2D eigenvalue weighted by atomic mass is 10.3. The summed E-state index contributed by atoms with van der Waals surface area (Å²) in [7, 11) is 4.81. The van der Waals surface area contributed by atoms with Crippen molar-refractivity contribution in [3.05, 3.63) is 0 Å². The smallest absolute Gasteiger partial charge is 0.234 e. The summed E-state index contributed by atoms with van der Waals surface area (Å²) >= 11 is 0. The van der Waals surface area contributed by atoms with Gasteiger partial charge in [0.15, 0.2) is 0 Å². The fraction of sp³-hybridized carbons (Fsp3) is 0.900.